The summed E-state index contributed by atoms with van der Waals surface area (Å²) in [5.41, 5.74) is 2.53. The Morgan fingerprint density at radius 3 is 2.68 bits per heavy atom. The number of imidazole rings is 1. The Bertz CT molecular complexity index is 870. The van der Waals surface area contributed by atoms with Crippen LogP contribution < -0.4 is 5.32 Å². The predicted octanol–water partition coefficient (Wildman–Crippen LogP) is 3.96. The SMILES string of the molecule is C1=CC2CC1CC2CN1CCC(n2c(C3CCNC3)nc3ccccc32)CC1. The maximum absolute atomic E-state index is 5.10. The van der Waals surface area contributed by atoms with E-state index in [4.69, 9.17) is 4.98 Å². The molecule has 2 aliphatic carbocycles. The van der Waals surface area contributed by atoms with Gasteiger partial charge in [-0.1, -0.05) is 24.3 Å². The Labute approximate surface area is 168 Å². The monoisotopic (exact) mass is 376 g/mol. The first-order chi connectivity index (χ1) is 13.8. The molecule has 2 bridgehead atoms. The molecule has 0 radical (unpaired) electrons. The number of fused-ring (bicyclic) bond motifs is 3. The summed E-state index contributed by atoms with van der Waals surface area (Å²) >= 11 is 0. The molecule has 2 saturated heterocycles. The number of hydrogen-bond donors (Lipinski definition) is 1. The molecule has 4 atom stereocenters. The van der Waals surface area contributed by atoms with E-state index in [0.29, 0.717) is 12.0 Å². The van der Waals surface area contributed by atoms with Crippen LogP contribution in [0.3, 0.4) is 0 Å². The minimum absolute atomic E-state index is 0.575. The molecule has 148 valence electrons. The smallest absolute Gasteiger partial charge is 0.114 e. The van der Waals surface area contributed by atoms with E-state index in [1.54, 1.807) is 0 Å². The summed E-state index contributed by atoms with van der Waals surface area (Å²) in [6.07, 6.45) is 11.6. The highest BCUT2D eigenvalue weighted by Gasteiger charge is 2.37. The summed E-state index contributed by atoms with van der Waals surface area (Å²) in [4.78, 5) is 7.86. The predicted molar refractivity (Wildman–Crippen MR) is 114 cm³/mol. The Morgan fingerprint density at radius 1 is 1.04 bits per heavy atom. The van der Waals surface area contributed by atoms with Gasteiger partial charge in [0.1, 0.15) is 5.82 Å². The zero-order valence-corrected chi connectivity index (χ0v) is 16.8. The van der Waals surface area contributed by atoms with Crippen molar-refractivity contribution in [2.75, 3.05) is 32.7 Å². The Balaban J connectivity index is 1.20. The molecule has 2 aromatic rings. The van der Waals surface area contributed by atoms with Gasteiger partial charge in [0.25, 0.3) is 0 Å². The minimum atomic E-state index is 0.575. The van der Waals surface area contributed by atoms with E-state index < -0.39 is 0 Å². The second kappa shape index (κ2) is 7.00. The van der Waals surface area contributed by atoms with Crippen molar-refractivity contribution in [1.29, 1.82) is 0 Å². The maximum Gasteiger partial charge on any atom is 0.114 e. The van der Waals surface area contributed by atoms with Gasteiger partial charge < -0.3 is 14.8 Å². The summed E-state index contributed by atoms with van der Waals surface area (Å²) in [6, 6.07) is 9.38. The standard InChI is InChI=1S/C24H32N4/c1-2-4-23-22(3-1)26-24(19-7-10-25-15-19)28(23)21-8-11-27(12-9-21)16-20-14-17-5-6-18(20)13-17/h1-6,17-21,25H,7-16H2. The fourth-order valence-electron chi connectivity index (χ4n) is 6.41. The molecular weight excluding hydrogens is 344 g/mol. The molecule has 4 unspecified atom stereocenters. The van der Waals surface area contributed by atoms with E-state index in [9.17, 15) is 0 Å². The van der Waals surface area contributed by atoms with Crippen molar-refractivity contribution in [1.82, 2.24) is 19.8 Å². The topological polar surface area (TPSA) is 33.1 Å². The summed E-state index contributed by atoms with van der Waals surface area (Å²) in [7, 11) is 0. The van der Waals surface area contributed by atoms with Crippen molar-refractivity contribution in [3.05, 3.63) is 42.2 Å². The van der Waals surface area contributed by atoms with Gasteiger partial charge >= 0.3 is 0 Å². The van der Waals surface area contributed by atoms with Crippen LogP contribution in [0.15, 0.2) is 36.4 Å². The maximum atomic E-state index is 5.10. The van der Waals surface area contributed by atoms with Gasteiger partial charge in [-0.05, 0) is 68.5 Å². The van der Waals surface area contributed by atoms with Crippen LogP contribution in [0.25, 0.3) is 11.0 Å². The van der Waals surface area contributed by atoms with E-state index in [2.05, 4.69) is 51.2 Å². The quantitative estimate of drug-likeness (QED) is 0.820. The molecule has 6 rings (SSSR count). The third kappa shape index (κ3) is 2.93. The highest BCUT2D eigenvalue weighted by Crippen LogP contribution is 2.44. The molecule has 0 spiro atoms. The van der Waals surface area contributed by atoms with Crippen LogP contribution in [0.5, 0.6) is 0 Å². The van der Waals surface area contributed by atoms with Crippen molar-refractivity contribution in [3.63, 3.8) is 0 Å². The Morgan fingerprint density at radius 2 is 1.93 bits per heavy atom. The van der Waals surface area contributed by atoms with Crippen LogP contribution in [0.4, 0.5) is 0 Å². The van der Waals surface area contributed by atoms with E-state index in [1.165, 1.54) is 68.6 Å². The lowest BCUT2D eigenvalue weighted by atomic mass is 9.92. The zero-order valence-electron chi connectivity index (χ0n) is 16.8. The first kappa shape index (κ1) is 17.2. The molecular formula is C24H32N4. The molecule has 1 aromatic heterocycles. The largest absolute Gasteiger partial charge is 0.324 e. The van der Waals surface area contributed by atoms with Crippen molar-refractivity contribution < 1.29 is 0 Å². The number of nitrogens with zero attached hydrogens (tertiary/aromatic N) is 3. The minimum Gasteiger partial charge on any atom is -0.324 e. The number of allylic oxidation sites excluding steroid dienone is 2. The van der Waals surface area contributed by atoms with Gasteiger partial charge in [0.15, 0.2) is 0 Å². The number of rotatable bonds is 4. The third-order valence-corrected chi connectivity index (χ3v) is 7.88. The number of aromatic nitrogens is 2. The number of para-hydroxylation sites is 2. The molecule has 1 saturated carbocycles. The number of piperidine rings is 1. The summed E-state index contributed by atoms with van der Waals surface area (Å²) < 4.78 is 2.63. The first-order valence-corrected chi connectivity index (χ1v) is 11.4. The van der Waals surface area contributed by atoms with E-state index >= 15 is 0 Å². The molecule has 28 heavy (non-hydrogen) atoms. The van der Waals surface area contributed by atoms with Gasteiger partial charge in [-0.3, -0.25) is 0 Å². The van der Waals surface area contributed by atoms with Crippen LogP contribution in [-0.2, 0) is 0 Å². The van der Waals surface area contributed by atoms with E-state index in [-0.39, 0.29) is 0 Å². The van der Waals surface area contributed by atoms with Gasteiger partial charge in [-0.2, -0.15) is 0 Å². The van der Waals surface area contributed by atoms with Gasteiger partial charge in [0, 0.05) is 38.1 Å². The summed E-state index contributed by atoms with van der Waals surface area (Å²) in [5.74, 6) is 4.60. The van der Waals surface area contributed by atoms with Crippen LogP contribution >= 0.6 is 0 Å². The Kier molecular flexibility index (Phi) is 4.31. The van der Waals surface area contributed by atoms with Crippen molar-refractivity contribution >= 4 is 11.0 Å². The second-order valence-electron chi connectivity index (χ2n) is 9.59. The summed E-state index contributed by atoms with van der Waals surface area (Å²) in [5, 5.41) is 3.54. The molecule has 2 aliphatic heterocycles. The van der Waals surface area contributed by atoms with Crippen LogP contribution in [0.1, 0.15) is 49.9 Å². The van der Waals surface area contributed by atoms with Gasteiger partial charge in [-0.15, -0.1) is 0 Å². The third-order valence-electron chi connectivity index (χ3n) is 7.88. The number of hydrogen-bond acceptors (Lipinski definition) is 3. The van der Waals surface area contributed by atoms with Gasteiger partial charge in [0.05, 0.1) is 11.0 Å². The molecule has 3 heterocycles. The van der Waals surface area contributed by atoms with E-state index in [1.807, 2.05) is 0 Å². The average Bonchev–Trinajstić information content (AvgIpc) is 3.51. The zero-order chi connectivity index (χ0) is 18.5. The van der Waals surface area contributed by atoms with Crippen LogP contribution in [0, 0.1) is 17.8 Å². The lowest BCUT2D eigenvalue weighted by molar-refractivity contribution is 0.154. The van der Waals surface area contributed by atoms with Crippen molar-refractivity contribution in [2.24, 2.45) is 17.8 Å². The average molecular weight is 377 g/mol. The molecule has 3 fully saturated rings. The fourth-order valence-corrected chi connectivity index (χ4v) is 6.41. The first-order valence-electron chi connectivity index (χ1n) is 11.4. The molecule has 4 aliphatic rings. The normalized spacial score (nSPS) is 33.4. The molecule has 1 aromatic carbocycles. The van der Waals surface area contributed by atoms with Crippen molar-refractivity contribution in [2.45, 2.75) is 44.1 Å². The number of likely N-dealkylation sites (tertiary alicyclic amines) is 1. The van der Waals surface area contributed by atoms with Crippen LogP contribution in [0.2, 0.25) is 0 Å². The van der Waals surface area contributed by atoms with Crippen molar-refractivity contribution in [3.8, 4) is 0 Å². The van der Waals surface area contributed by atoms with Crippen LogP contribution in [-0.4, -0.2) is 47.2 Å². The second-order valence-corrected chi connectivity index (χ2v) is 9.59. The molecule has 0 amide bonds. The van der Waals surface area contributed by atoms with Gasteiger partial charge in [-0.25, -0.2) is 4.98 Å². The van der Waals surface area contributed by atoms with E-state index in [0.717, 1.165) is 30.8 Å². The lowest BCUT2D eigenvalue weighted by Crippen LogP contribution is -2.39. The fraction of sp³-hybridized carbons (Fsp3) is 0.625. The molecule has 4 heteroatoms. The number of nitrogens with one attached hydrogen (secondary N) is 1. The lowest BCUT2D eigenvalue weighted by Gasteiger charge is -2.36. The molecule has 4 nitrogen and oxygen atoms in total. The Hall–Kier alpha value is -1.65. The highest BCUT2D eigenvalue weighted by atomic mass is 15.2. The number of benzene rings is 1. The summed E-state index contributed by atoms with van der Waals surface area (Å²) in [6.45, 7) is 6.03. The van der Waals surface area contributed by atoms with Gasteiger partial charge in [0.2, 0.25) is 0 Å². The highest BCUT2D eigenvalue weighted by molar-refractivity contribution is 5.76. The molecule has 1 N–H and O–H groups in total.